The fourth-order valence-corrected chi connectivity index (χ4v) is 3.11. The maximum atomic E-state index is 11.5. The second-order valence-electron chi connectivity index (χ2n) is 6.55. The van der Waals surface area contributed by atoms with Crippen LogP contribution in [0.1, 0.15) is 56.0 Å². The second kappa shape index (κ2) is 12.6. The summed E-state index contributed by atoms with van der Waals surface area (Å²) in [5, 5.41) is 35.5. The summed E-state index contributed by atoms with van der Waals surface area (Å²) in [6, 6.07) is 8.67. The van der Waals surface area contributed by atoms with Crippen molar-refractivity contribution in [2.75, 3.05) is 13.7 Å². The Kier molecular flexibility index (Phi) is 10.2. The smallest absolute Gasteiger partial charge is 0.354 e. The highest BCUT2D eigenvalue weighted by Gasteiger charge is 2.14. The largest absolute Gasteiger partial charge is 0.507 e. The number of aldehydes is 2. The predicted octanol–water partition coefficient (Wildman–Crippen LogP) is 3.49. The number of aromatic hydroxyl groups is 2. The summed E-state index contributed by atoms with van der Waals surface area (Å²) < 4.78 is 4.84. The van der Waals surface area contributed by atoms with E-state index in [1.54, 1.807) is 13.0 Å². The van der Waals surface area contributed by atoms with Crippen LogP contribution in [-0.2, 0) is 4.74 Å². The van der Waals surface area contributed by atoms with Crippen LogP contribution in [-0.4, -0.2) is 68.6 Å². The number of hydrogen-bond acceptors (Lipinski definition) is 8. The Bertz CT molecular complexity index is 1350. The first kappa shape index (κ1) is 28.4. The third-order valence-electron chi connectivity index (χ3n) is 4.61. The number of rotatable bonds is 5. The van der Waals surface area contributed by atoms with Gasteiger partial charge in [-0.15, -0.1) is 0 Å². The molecule has 2 heterocycles. The van der Waals surface area contributed by atoms with Gasteiger partial charge in [-0.25, -0.2) is 9.59 Å². The van der Waals surface area contributed by atoms with Crippen molar-refractivity contribution >= 4 is 46.3 Å². The van der Waals surface area contributed by atoms with Gasteiger partial charge in [0.1, 0.15) is 22.9 Å². The van der Waals surface area contributed by atoms with Gasteiger partial charge < -0.3 is 35.1 Å². The minimum atomic E-state index is -1.11. The van der Waals surface area contributed by atoms with Crippen molar-refractivity contribution in [1.82, 2.24) is 9.97 Å². The number of fused-ring (bicyclic) bond motifs is 2. The van der Waals surface area contributed by atoms with Gasteiger partial charge in [-0.2, -0.15) is 0 Å². The minimum Gasteiger partial charge on any atom is -0.507 e. The monoisotopic (exact) mass is 486 g/mol. The number of benzene rings is 2. The molecule has 6 N–H and O–H groups in total. The Hall–Kier alpha value is -4.64. The lowest BCUT2D eigenvalue weighted by atomic mass is 10.1. The third-order valence-corrected chi connectivity index (χ3v) is 4.61. The van der Waals surface area contributed by atoms with Gasteiger partial charge >= 0.3 is 11.9 Å². The van der Waals surface area contributed by atoms with Crippen molar-refractivity contribution in [3.05, 3.63) is 58.9 Å². The van der Waals surface area contributed by atoms with E-state index in [9.17, 15) is 29.4 Å². The molecular weight excluding hydrogens is 460 g/mol. The SMILES string of the molecule is C.CCOC(=O)c1cc2c(C=O)c(O)ccc2[nH]1.CO.O=Cc1c(O)ccc2[nH]c(C(=O)O)cc12. The highest BCUT2D eigenvalue weighted by atomic mass is 16.5. The number of phenolic OH excluding ortho intramolecular Hbond substituents is 2. The number of hydrogen-bond donors (Lipinski definition) is 6. The van der Waals surface area contributed by atoms with E-state index in [2.05, 4.69) is 9.97 Å². The van der Waals surface area contributed by atoms with Crippen molar-refractivity contribution in [2.45, 2.75) is 14.4 Å². The van der Waals surface area contributed by atoms with E-state index in [1.165, 1.54) is 30.3 Å². The summed E-state index contributed by atoms with van der Waals surface area (Å²) in [6.45, 7) is 1.99. The Balaban J connectivity index is 0.000000320. The van der Waals surface area contributed by atoms with Gasteiger partial charge in [0.05, 0.1) is 17.7 Å². The molecule has 11 heteroatoms. The molecule has 11 nitrogen and oxygen atoms in total. The van der Waals surface area contributed by atoms with E-state index in [4.69, 9.17) is 14.9 Å². The molecule has 0 bridgehead atoms. The maximum absolute atomic E-state index is 11.5. The number of ether oxygens (including phenoxy) is 1. The Morgan fingerprint density at radius 3 is 1.69 bits per heavy atom. The molecule has 0 aliphatic heterocycles. The summed E-state index contributed by atoms with van der Waals surface area (Å²) in [4.78, 5) is 49.2. The van der Waals surface area contributed by atoms with Gasteiger partial charge in [0.15, 0.2) is 12.6 Å². The molecule has 0 amide bonds. The van der Waals surface area contributed by atoms with E-state index in [-0.39, 0.29) is 48.0 Å². The molecule has 4 rings (SSSR count). The fraction of sp³-hybridized carbons (Fsp3) is 0.167. The Labute approximate surface area is 199 Å². The Morgan fingerprint density at radius 1 is 0.857 bits per heavy atom. The van der Waals surface area contributed by atoms with Gasteiger partial charge in [0.25, 0.3) is 0 Å². The van der Waals surface area contributed by atoms with Crippen LogP contribution in [0.15, 0.2) is 36.4 Å². The molecule has 2 aromatic carbocycles. The average molecular weight is 486 g/mol. The first-order chi connectivity index (χ1) is 16.3. The number of esters is 1. The van der Waals surface area contributed by atoms with Crippen LogP contribution in [0, 0.1) is 0 Å². The van der Waals surface area contributed by atoms with Gasteiger partial charge in [0.2, 0.25) is 0 Å². The molecule has 35 heavy (non-hydrogen) atoms. The van der Waals surface area contributed by atoms with Crippen molar-refractivity contribution in [3.8, 4) is 11.5 Å². The number of aromatic amines is 2. The number of aromatic carboxylic acids is 1. The van der Waals surface area contributed by atoms with Crippen molar-refractivity contribution in [3.63, 3.8) is 0 Å². The number of carbonyl (C=O) groups is 4. The summed E-state index contributed by atoms with van der Waals surface area (Å²) in [5.74, 6) is -1.86. The number of carbonyl (C=O) groups excluding carboxylic acids is 3. The van der Waals surface area contributed by atoms with Gasteiger partial charge in [0, 0.05) is 28.9 Å². The molecular formula is C24H26N2O9. The average Bonchev–Trinajstić information content (AvgIpc) is 3.46. The van der Waals surface area contributed by atoms with Crippen LogP contribution in [0.5, 0.6) is 11.5 Å². The molecule has 186 valence electrons. The standard InChI is InChI=1S/C12H11NO4.C10H7NO4.CH4O.CH4/c1-2-17-12(16)10-5-7-8(6-14)11(15)4-3-9(7)13-10;12-4-6-5-3-8(10(14)15)11-7(5)1-2-9(6)13;1-2;/h3-6,13,15H,2H2,1H3;1-4,11,13H,(H,14,15);2H,1H3;1H4. The topological polar surface area (TPSA) is 190 Å². The molecule has 2 aromatic heterocycles. The van der Waals surface area contributed by atoms with E-state index in [0.29, 0.717) is 34.4 Å². The molecule has 4 aromatic rings. The lowest BCUT2D eigenvalue weighted by Gasteiger charge is -1.97. The van der Waals surface area contributed by atoms with E-state index < -0.39 is 11.9 Å². The van der Waals surface area contributed by atoms with Crippen LogP contribution in [0.2, 0.25) is 0 Å². The molecule has 0 fully saturated rings. The molecule has 0 aliphatic carbocycles. The molecule has 0 atom stereocenters. The molecule has 0 saturated heterocycles. The number of carboxylic acids is 1. The van der Waals surface area contributed by atoms with Crippen LogP contribution < -0.4 is 0 Å². The number of nitrogens with one attached hydrogen (secondary N) is 2. The molecule has 0 spiro atoms. The van der Waals surface area contributed by atoms with Crippen molar-refractivity contribution in [2.24, 2.45) is 0 Å². The molecule has 0 aliphatic rings. The lowest BCUT2D eigenvalue weighted by molar-refractivity contribution is 0.0519. The normalized spacial score (nSPS) is 9.69. The summed E-state index contributed by atoms with van der Waals surface area (Å²) >= 11 is 0. The number of carboxylic acid groups (broad SMARTS) is 1. The number of aliphatic hydroxyl groups is 1. The van der Waals surface area contributed by atoms with E-state index in [0.717, 1.165) is 7.11 Å². The van der Waals surface area contributed by atoms with Gasteiger partial charge in [-0.3, -0.25) is 9.59 Å². The van der Waals surface area contributed by atoms with E-state index in [1.807, 2.05) is 0 Å². The number of H-pyrrole nitrogens is 2. The number of aromatic nitrogens is 2. The molecule has 0 radical (unpaired) electrons. The zero-order valence-electron chi connectivity index (χ0n) is 18.2. The number of phenols is 2. The maximum Gasteiger partial charge on any atom is 0.354 e. The van der Waals surface area contributed by atoms with Crippen LogP contribution in [0.25, 0.3) is 21.8 Å². The third kappa shape index (κ3) is 6.03. The van der Waals surface area contributed by atoms with E-state index >= 15 is 0 Å². The summed E-state index contributed by atoms with van der Waals surface area (Å²) in [5.41, 5.74) is 1.61. The van der Waals surface area contributed by atoms with Crippen LogP contribution in [0.3, 0.4) is 0 Å². The zero-order chi connectivity index (χ0) is 25.4. The predicted molar refractivity (Wildman–Crippen MR) is 128 cm³/mol. The summed E-state index contributed by atoms with van der Waals surface area (Å²) in [6.07, 6.45) is 1.05. The first-order valence-corrected chi connectivity index (χ1v) is 9.75. The second-order valence-corrected chi connectivity index (χ2v) is 6.55. The fourth-order valence-electron chi connectivity index (χ4n) is 3.11. The molecule has 0 saturated carbocycles. The van der Waals surface area contributed by atoms with Gasteiger partial charge in [-0.1, -0.05) is 7.43 Å². The van der Waals surface area contributed by atoms with Crippen molar-refractivity contribution < 1.29 is 44.3 Å². The van der Waals surface area contributed by atoms with Crippen LogP contribution in [0.4, 0.5) is 0 Å². The highest BCUT2D eigenvalue weighted by Crippen LogP contribution is 2.27. The van der Waals surface area contributed by atoms with Crippen LogP contribution >= 0.6 is 0 Å². The highest BCUT2D eigenvalue weighted by molar-refractivity contribution is 6.04. The summed E-state index contributed by atoms with van der Waals surface area (Å²) in [7, 11) is 1.00. The minimum absolute atomic E-state index is 0. The quantitative estimate of drug-likeness (QED) is 0.181. The molecule has 0 unspecified atom stereocenters. The number of aliphatic hydroxyl groups excluding tert-OH is 1. The Morgan fingerprint density at radius 2 is 1.29 bits per heavy atom. The zero-order valence-corrected chi connectivity index (χ0v) is 18.2. The van der Waals surface area contributed by atoms with Crippen molar-refractivity contribution in [1.29, 1.82) is 0 Å². The van der Waals surface area contributed by atoms with Gasteiger partial charge in [-0.05, 0) is 43.3 Å². The lowest BCUT2D eigenvalue weighted by Crippen LogP contribution is -2.04. The first-order valence-electron chi connectivity index (χ1n) is 9.75.